The van der Waals surface area contributed by atoms with E-state index in [0.29, 0.717) is 17.5 Å². The minimum Gasteiger partial charge on any atom is -0.468 e. The first-order chi connectivity index (χ1) is 8.78. The van der Waals surface area contributed by atoms with Gasteiger partial charge in [0.05, 0.1) is 18.6 Å². The van der Waals surface area contributed by atoms with Crippen molar-refractivity contribution < 1.29 is 9.15 Å². The van der Waals surface area contributed by atoms with E-state index < -0.39 is 0 Å². The highest BCUT2D eigenvalue weighted by Crippen LogP contribution is 2.21. The first-order valence-electron chi connectivity index (χ1n) is 5.57. The van der Waals surface area contributed by atoms with Crippen LogP contribution in [-0.2, 0) is 5.75 Å². The van der Waals surface area contributed by atoms with Crippen LogP contribution < -0.4 is 10.5 Å². The molecule has 2 aromatic rings. The van der Waals surface area contributed by atoms with Crippen LogP contribution in [0.1, 0.15) is 19.1 Å². The summed E-state index contributed by atoms with van der Waals surface area (Å²) in [6.45, 7) is 2.57. The number of aromatic nitrogens is 3. The number of nitrogens with two attached hydrogens (primary N) is 1. The van der Waals surface area contributed by atoms with Gasteiger partial charge in [-0.25, -0.2) is 0 Å². The van der Waals surface area contributed by atoms with E-state index in [2.05, 4.69) is 15.0 Å². The van der Waals surface area contributed by atoms with Gasteiger partial charge in [-0.15, -0.1) is 0 Å². The SMILES string of the molecule is CCCOc1nc(N)nc(SCc2ccco2)n1. The van der Waals surface area contributed by atoms with E-state index in [-0.39, 0.29) is 12.0 Å². The minimum absolute atomic E-state index is 0.165. The second kappa shape index (κ2) is 6.25. The van der Waals surface area contributed by atoms with E-state index in [1.807, 2.05) is 19.1 Å². The normalized spacial score (nSPS) is 10.5. The van der Waals surface area contributed by atoms with Crippen LogP contribution in [0.15, 0.2) is 28.0 Å². The van der Waals surface area contributed by atoms with Crippen LogP contribution in [0.5, 0.6) is 6.01 Å². The standard InChI is InChI=1S/C11H14N4O2S/c1-2-5-17-10-13-9(12)14-11(15-10)18-7-8-4-3-6-16-8/h3-4,6H,2,5,7H2,1H3,(H2,12,13,14,15). The van der Waals surface area contributed by atoms with Crippen LogP contribution in [-0.4, -0.2) is 21.6 Å². The van der Waals surface area contributed by atoms with Gasteiger partial charge in [-0.05, 0) is 18.6 Å². The van der Waals surface area contributed by atoms with Gasteiger partial charge in [-0.1, -0.05) is 18.7 Å². The van der Waals surface area contributed by atoms with Crippen molar-refractivity contribution in [3.8, 4) is 6.01 Å². The molecular formula is C11H14N4O2S. The zero-order chi connectivity index (χ0) is 12.8. The third-order valence-electron chi connectivity index (χ3n) is 1.97. The Bertz CT molecular complexity index is 490. The van der Waals surface area contributed by atoms with Crippen LogP contribution in [0.25, 0.3) is 0 Å². The fourth-order valence-corrected chi connectivity index (χ4v) is 1.94. The van der Waals surface area contributed by atoms with Crippen molar-refractivity contribution in [1.82, 2.24) is 15.0 Å². The van der Waals surface area contributed by atoms with Crippen molar-refractivity contribution in [2.24, 2.45) is 0 Å². The molecule has 0 unspecified atom stereocenters. The molecule has 2 N–H and O–H groups in total. The van der Waals surface area contributed by atoms with E-state index in [4.69, 9.17) is 14.9 Å². The van der Waals surface area contributed by atoms with E-state index >= 15 is 0 Å². The molecule has 0 aromatic carbocycles. The maximum atomic E-state index is 5.60. The number of nitrogens with zero attached hydrogens (tertiary/aromatic N) is 3. The predicted molar refractivity (Wildman–Crippen MR) is 68.3 cm³/mol. The fraction of sp³-hybridized carbons (Fsp3) is 0.364. The highest BCUT2D eigenvalue weighted by Gasteiger charge is 2.07. The van der Waals surface area contributed by atoms with Crippen LogP contribution in [0.2, 0.25) is 0 Å². The van der Waals surface area contributed by atoms with Gasteiger partial charge < -0.3 is 14.9 Å². The average molecular weight is 266 g/mol. The molecule has 0 aliphatic carbocycles. The first kappa shape index (κ1) is 12.7. The molecule has 2 rings (SSSR count). The van der Waals surface area contributed by atoms with Crippen LogP contribution in [0.3, 0.4) is 0 Å². The lowest BCUT2D eigenvalue weighted by atomic mass is 10.5. The molecule has 0 aliphatic heterocycles. The topological polar surface area (TPSA) is 87.1 Å². The summed E-state index contributed by atoms with van der Waals surface area (Å²) in [7, 11) is 0. The largest absolute Gasteiger partial charge is 0.468 e. The molecule has 0 fully saturated rings. The zero-order valence-electron chi connectivity index (χ0n) is 10.00. The Morgan fingerprint density at radius 2 is 2.28 bits per heavy atom. The fourth-order valence-electron chi connectivity index (χ4n) is 1.21. The number of ether oxygens (including phenoxy) is 1. The summed E-state index contributed by atoms with van der Waals surface area (Å²) in [5.41, 5.74) is 5.60. The second-order valence-electron chi connectivity index (χ2n) is 3.48. The Morgan fingerprint density at radius 1 is 1.39 bits per heavy atom. The summed E-state index contributed by atoms with van der Waals surface area (Å²) >= 11 is 1.42. The van der Waals surface area contributed by atoms with E-state index in [1.165, 1.54) is 11.8 Å². The molecule has 7 heteroatoms. The number of hydrogen-bond donors (Lipinski definition) is 1. The lowest BCUT2D eigenvalue weighted by Crippen LogP contribution is -2.05. The predicted octanol–water partition coefficient (Wildman–Crippen LogP) is 2.13. The Kier molecular flexibility index (Phi) is 4.40. The first-order valence-corrected chi connectivity index (χ1v) is 6.56. The smallest absolute Gasteiger partial charge is 0.322 e. The quantitative estimate of drug-likeness (QED) is 0.801. The van der Waals surface area contributed by atoms with Crippen molar-refractivity contribution in [3.05, 3.63) is 24.2 Å². The number of furan rings is 1. The Labute approximate surface area is 109 Å². The number of anilines is 1. The van der Waals surface area contributed by atoms with E-state index in [1.54, 1.807) is 6.26 Å². The summed E-state index contributed by atoms with van der Waals surface area (Å²) in [5, 5.41) is 0.532. The summed E-state index contributed by atoms with van der Waals surface area (Å²) in [4.78, 5) is 12.1. The third-order valence-corrected chi connectivity index (χ3v) is 2.84. The molecule has 0 saturated carbocycles. The number of nitrogen functional groups attached to an aromatic ring is 1. The van der Waals surface area contributed by atoms with Crippen molar-refractivity contribution in [2.45, 2.75) is 24.3 Å². The lowest BCUT2D eigenvalue weighted by molar-refractivity contribution is 0.288. The third kappa shape index (κ3) is 3.63. The van der Waals surface area contributed by atoms with Crippen molar-refractivity contribution >= 4 is 17.7 Å². The Balaban J connectivity index is 2.00. The van der Waals surface area contributed by atoms with Gasteiger partial charge in [0, 0.05) is 0 Å². The van der Waals surface area contributed by atoms with E-state index in [0.717, 1.165) is 12.2 Å². The van der Waals surface area contributed by atoms with Gasteiger partial charge >= 0.3 is 6.01 Å². The minimum atomic E-state index is 0.165. The monoisotopic (exact) mass is 266 g/mol. The number of rotatable bonds is 6. The molecule has 18 heavy (non-hydrogen) atoms. The zero-order valence-corrected chi connectivity index (χ0v) is 10.8. The van der Waals surface area contributed by atoms with Gasteiger partial charge in [0.1, 0.15) is 5.76 Å². The molecule has 2 heterocycles. The van der Waals surface area contributed by atoms with Gasteiger partial charge in [-0.2, -0.15) is 15.0 Å². The molecule has 2 aromatic heterocycles. The second-order valence-corrected chi connectivity index (χ2v) is 4.42. The van der Waals surface area contributed by atoms with E-state index in [9.17, 15) is 0 Å². The summed E-state index contributed by atoms with van der Waals surface area (Å²) in [6, 6.07) is 4.01. The van der Waals surface area contributed by atoms with Crippen LogP contribution in [0.4, 0.5) is 5.95 Å². The molecular weight excluding hydrogens is 252 g/mol. The Morgan fingerprint density at radius 3 is 3.00 bits per heavy atom. The maximum Gasteiger partial charge on any atom is 0.322 e. The summed E-state index contributed by atoms with van der Waals surface area (Å²) in [6.07, 6.45) is 2.52. The molecule has 0 spiro atoms. The highest BCUT2D eigenvalue weighted by atomic mass is 32.2. The molecule has 0 saturated heterocycles. The molecule has 6 nitrogen and oxygen atoms in total. The molecule has 0 radical (unpaired) electrons. The van der Waals surface area contributed by atoms with Crippen LogP contribution in [0, 0.1) is 0 Å². The lowest BCUT2D eigenvalue weighted by Gasteiger charge is -2.04. The Hall–Kier alpha value is -1.76. The molecule has 96 valence electrons. The maximum absolute atomic E-state index is 5.60. The number of hydrogen-bond acceptors (Lipinski definition) is 7. The molecule has 0 aliphatic rings. The molecule has 0 bridgehead atoms. The van der Waals surface area contributed by atoms with Gasteiger partial charge in [0.25, 0.3) is 0 Å². The van der Waals surface area contributed by atoms with Crippen LogP contribution >= 0.6 is 11.8 Å². The molecule has 0 amide bonds. The van der Waals surface area contributed by atoms with Crippen molar-refractivity contribution in [3.63, 3.8) is 0 Å². The number of thioether (sulfide) groups is 1. The highest BCUT2D eigenvalue weighted by molar-refractivity contribution is 7.98. The van der Waals surface area contributed by atoms with Gasteiger partial charge in [0.15, 0.2) is 5.16 Å². The van der Waals surface area contributed by atoms with Gasteiger partial charge in [-0.3, -0.25) is 0 Å². The van der Waals surface area contributed by atoms with Crippen molar-refractivity contribution in [2.75, 3.05) is 12.3 Å². The van der Waals surface area contributed by atoms with Gasteiger partial charge in [0.2, 0.25) is 5.95 Å². The molecule has 0 atom stereocenters. The average Bonchev–Trinajstić information content (AvgIpc) is 2.86. The summed E-state index contributed by atoms with van der Waals surface area (Å²) in [5.74, 6) is 1.66. The van der Waals surface area contributed by atoms with Crippen molar-refractivity contribution in [1.29, 1.82) is 0 Å². The summed E-state index contributed by atoms with van der Waals surface area (Å²) < 4.78 is 10.6.